The van der Waals surface area contributed by atoms with Crippen molar-refractivity contribution in [3.63, 3.8) is 0 Å². The van der Waals surface area contributed by atoms with Gasteiger partial charge in [0, 0.05) is 6.54 Å². The lowest BCUT2D eigenvalue weighted by molar-refractivity contribution is -0.181. The van der Waals surface area contributed by atoms with Crippen LogP contribution in [0.4, 0.5) is 17.6 Å². The van der Waals surface area contributed by atoms with Crippen molar-refractivity contribution in [2.24, 2.45) is 11.8 Å². The van der Waals surface area contributed by atoms with E-state index in [4.69, 9.17) is 21.1 Å². The van der Waals surface area contributed by atoms with Gasteiger partial charge in [-0.2, -0.15) is 17.5 Å². The van der Waals surface area contributed by atoms with Gasteiger partial charge in [-0.25, -0.2) is 12.8 Å². The van der Waals surface area contributed by atoms with E-state index >= 15 is 0 Å². The van der Waals surface area contributed by atoms with Crippen molar-refractivity contribution in [2.75, 3.05) is 13.2 Å². The molecule has 0 amide bonds. The van der Waals surface area contributed by atoms with Gasteiger partial charge in [0.15, 0.2) is 0 Å². The molecular weight excluding hydrogens is 498 g/mol. The quantitative estimate of drug-likeness (QED) is 0.359. The van der Waals surface area contributed by atoms with Crippen LogP contribution < -0.4 is 0 Å². The van der Waals surface area contributed by atoms with Crippen molar-refractivity contribution in [3.8, 4) is 0 Å². The molecule has 0 aromatic carbocycles. The molecule has 8 unspecified atom stereocenters. The number of morpholine rings is 1. The normalized spacial score (nSPS) is 42.8. The van der Waals surface area contributed by atoms with Crippen LogP contribution in [0.5, 0.6) is 0 Å². The minimum Gasteiger partial charge on any atom is -0.373 e. The van der Waals surface area contributed by atoms with Crippen molar-refractivity contribution < 1.29 is 35.5 Å². The molecule has 4 rings (SSSR count). The zero-order chi connectivity index (χ0) is 24.7. The third-order valence-corrected chi connectivity index (χ3v) is 10.9. The van der Waals surface area contributed by atoms with Crippen LogP contribution in [0.15, 0.2) is 0 Å². The summed E-state index contributed by atoms with van der Waals surface area (Å²) >= 11 is 6.28. The van der Waals surface area contributed by atoms with Crippen LogP contribution in [0, 0.1) is 11.8 Å². The highest BCUT2D eigenvalue weighted by Gasteiger charge is 2.50. The summed E-state index contributed by atoms with van der Waals surface area (Å²) < 4.78 is 94.9. The monoisotopic (exact) mass is 533 g/mol. The third kappa shape index (κ3) is 5.87. The van der Waals surface area contributed by atoms with Gasteiger partial charge in [-0.05, 0) is 70.6 Å². The average molecular weight is 534 g/mol. The molecule has 0 radical (unpaired) electrons. The second kappa shape index (κ2) is 10.7. The van der Waals surface area contributed by atoms with Crippen LogP contribution in [-0.4, -0.2) is 73.2 Å². The van der Waals surface area contributed by atoms with E-state index in [-0.39, 0.29) is 55.7 Å². The van der Waals surface area contributed by atoms with Gasteiger partial charge < -0.3 is 9.47 Å². The second-order valence-corrected chi connectivity index (χ2v) is 13.4. The first-order valence-corrected chi connectivity index (χ1v) is 14.5. The zero-order valence-corrected chi connectivity index (χ0v) is 21.1. The van der Waals surface area contributed by atoms with E-state index in [1.807, 2.05) is 0 Å². The molecule has 0 aromatic rings. The highest BCUT2D eigenvalue weighted by atomic mass is 35.5. The Morgan fingerprint density at radius 2 is 1.79 bits per heavy atom. The molecule has 0 spiro atoms. The van der Waals surface area contributed by atoms with E-state index in [2.05, 4.69) is 0 Å². The van der Waals surface area contributed by atoms with Crippen LogP contribution in [0.25, 0.3) is 0 Å². The number of rotatable bonds is 5. The van der Waals surface area contributed by atoms with Crippen molar-refractivity contribution in [2.45, 2.75) is 118 Å². The van der Waals surface area contributed by atoms with Crippen LogP contribution in [-0.2, 0) is 19.5 Å². The van der Waals surface area contributed by atoms with Gasteiger partial charge in [0.05, 0.1) is 41.4 Å². The van der Waals surface area contributed by atoms with Crippen molar-refractivity contribution >= 4 is 21.6 Å². The summed E-state index contributed by atoms with van der Waals surface area (Å²) in [6, 6.07) is -0.436. The summed E-state index contributed by atoms with van der Waals surface area (Å²) in [5.74, 6) is -1.56. The Labute approximate surface area is 204 Å². The molecule has 34 heavy (non-hydrogen) atoms. The number of alkyl halides is 5. The van der Waals surface area contributed by atoms with Crippen molar-refractivity contribution in [1.29, 1.82) is 0 Å². The molecule has 3 saturated carbocycles. The SMILES string of the molecule is C[C@H]1CN(S(=O)(=O)C2CCCC(C(F)(F)F)C2)C2CC(COC3C(F)CCCC3Cl)CCC2O1. The van der Waals surface area contributed by atoms with Crippen LogP contribution in [0.1, 0.15) is 71.1 Å². The first-order chi connectivity index (χ1) is 16.0. The maximum Gasteiger partial charge on any atom is 0.391 e. The maximum atomic E-state index is 14.3. The fraction of sp³-hybridized carbons (Fsp3) is 1.00. The molecule has 198 valence electrons. The van der Waals surface area contributed by atoms with Gasteiger partial charge in [0.1, 0.15) is 12.3 Å². The lowest BCUT2D eigenvalue weighted by Crippen LogP contribution is -2.60. The Morgan fingerprint density at radius 3 is 2.50 bits per heavy atom. The number of fused-ring (bicyclic) bond motifs is 1. The lowest BCUT2D eigenvalue weighted by Gasteiger charge is -2.48. The predicted molar refractivity (Wildman–Crippen MR) is 121 cm³/mol. The van der Waals surface area contributed by atoms with E-state index < -0.39 is 45.7 Å². The first-order valence-electron chi connectivity index (χ1n) is 12.6. The largest absolute Gasteiger partial charge is 0.391 e. The van der Waals surface area contributed by atoms with Gasteiger partial charge in [-0.15, -0.1) is 11.6 Å². The van der Waals surface area contributed by atoms with E-state index in [9.17, 15) is 26.0 Å². The molecule has 4 fully saturated rings. The molecule has 1 aliphatic heterocycles. The number of halogens is 5. The Balaban J connectivity index is 1.44. The standard InChI is InChI=1S/C23H36ClF4NO4S/c1-14-12-29(34(30,31)17-5-2-4-16(11-17)23(26,27)28)20-10-15(8-9-21(20)33-14)13-32-22-18(24)6-3-7-19(22)25/h14-22H,2-13H2,1H3/t14-,15?,16?,17?,18?,19?,20?,21?,22?/m0/s1. The minimum absolute atomic E-state index is 0.0151. The average Bonchev–Trinajstić information content (AvgIpc) is 2.78. The molecule has 11 heteroatoms. The van der Waals surface area contributed by atoms with Gasteiger partial charge >= 0.3 is 6.18 Å². The number of hydrogen-bond acceptors (Lipinski definition) is 4. The van der Waals surface area contributed by atoms with Crippen LogP contribution >= 0.6 is 11.6 Å². The molecule has 0 aromatic heterocycles. The summed E-state index contributed by atoms with van der Waals surface area (Å²) in [4.78, 5) is 0. The van der Waals surface area contributed by atoms with Crippen molar-refractivity contribution in [3.05, 3.63) is 0 Å². The molecule has 1 saturated heterocycles. The topological polar surface area (TPSA) is 55.8 Å². The van der Waals surface area contributed by atoms with Gasteiger partial charge in [-0.3, -0.25) is 0 Å². The summed E-state index contributed by atoms with van der Waals surface area (Å²) in [6.45, 7) is 2.24. The first kappa shape index (κ1) is 26.9. The number of ether oxygens (including phenoxy) is 2. The third-order valence-electron chi connectivity index (χ3n) is 8.11. The predicted octanol–water partition coefficient (Wildman–Crippen LogP) is 5.21. The lowest BCUT2D eigenvalue weighted by atomic mass is 9.83. The van der Waals surface area contributed by atoms with E-state index in [1.54, 1.807) is 6.92 Å². The fourth-order valence-electron chi connectivity index (χ4n) is 6.26. The number of nitrogens with zero attached hydrogens (tertiary/aromatic N) is 1. The molecule has 3 aliphatic carbocycles. The van der Waals surface area contributed by atoms with Gasteiger partial charge in [0.2, 0.25) is 10.0 Å². The van der Waals surface area contributed by atoms with Crippen LogP contribution in [0.3, 0.4) is 0 Å². The molecular formula is C23H36ClF4NO4S. The molecule has 4 aliphatic rings. The van der Waals surface area contributed by atoms with E-state index in [0.717, 1.165) is 12.8 Å². The van der Waals surface area contributed by atoms with Crippen molar-refractivity contribution in [1.82, 2.24) is 4.31 Å². The fourth-order valence-corrected chi connectivity index (χ4v) is 8.99. The molecule has 9 atom stereocenters. The Hall–Kier alpha value is -0.160. The van der Waals surface area contributed by atoms with Crippen LogP contribution in [0.2, 0.25) is 0 Å². The van der Waals surface area contributed by atoms with E-state index in [1.165, 1.54) is 4.31 Å². The Morgan fingerprint density at radius 1 is 1.06 bits per heavy atom. The highest BCUT2D eigenvalue weighted by Crippen LogP contribution is 2.43. The Bertz CT molecular complexity index is 790. The highest BCUT2D eigenvalue weighted by molar-refractivity contribution is 7.89. The minimum atomic E-state index is -4.38. The van der Waals surface area contributed by atoms with Gasteiger partial charge in [-0.1, -0.05) is 6.42 Å². The number of hydrogen-bond donors (Lipinski definition) is 0. The number of sulfonamides is 1. The van der Waals surface area contributed by atoms with E-state index in [0.29, 0.717) is 32.3 Å². The zero-order valence-electron chi connectivity index (χ0n) is 19.6. The summed E-state index contributed by atoms with van der Waals surface area (Å²) in [6.07, 6.45) is -2.87. The molecule has 1 heterocycles. The second-order valence-electron chi connectivity index (χ2n) is 10.6. The summed E-state index contributed by atoms with van der Waals surface area (Å²) in [5.41, 5.74) is 0. The summed E-state index contributed by atoms with van der Waals surface area (Å²) in [5, 5.41) is -1.40. The molecule has 0 N–H and O–H groups in total. The maximum absolute atomic E-state index is 14.3. The van der Waals surface area contributed by atoms with Gasteiger partial charge in [0.25, 0.3) is 0 Å². The summed E-state index contributed by atoms with van der Waals surface area (Å²) in [7, 11) is -3.93. The smallest absolute Gasteiger partial charge is 0.373 e. The molecule has 0 bridgehead atoms. The Kier molecular flexibility index (Phi) is 8.44. The molecule has 5 nitrogen and oxygen atoms in total.